The number of fused-ring (bicyclic) bond motifs is 1. The summed E-state index contributed by atoms with van der Waals surface area (Å²) in [5.41, 5.74) is 8.99. The first kappa shape index (κ1) is 21.4. The summed E-state index contributed by atoms with van der Waals surface area (Å²) in [6.07, 6.45) is 5.75. The van der Waals surface area contributed by atoms with Gasteiger partial charge in [0.1, 0.15) is 16.7 Å². The molecule has 8 nitrogen and oxygen atoms in total. The summed E-state index contributed by atoms with van der Waals surface area (Å²) in [4.78, 5) is 26.4. The lowest BCUT2D eigenvalue weighted by Gasteiger charge is -2.34. The highest BCUT2D eigenvalue weighted by molar-refractivity contribution is 6.34. The van der Waals surface area contributed by atoms with Gasteiger partial charge in [0.2, 0.25) is 0 Å². The van der Waals surface area contributed by atoms with Crippen LogP contribution in [0.2, 0.25) is 10.2 Å². The van der Waals surface area contributed by atoms with Crippen molar-refractivity contribution in [2.24, 2.45) is 5.73 Å². The molecule has 2 saturated heterocycles. The number of anilines is 1. The fraction of sp³-hybridized carbons (Fsp3) is 0.455. The van der Waals surface area contributed by atoms with E-state index in [-0.39, 0.29) is 28.8 Å². The molecular formula is C22H25Cl2N7O. The first-order valence-corrected chi connectivity index (χ1v) is 11.7. The molecule has 32 heavy (non-hydrogen) atoms. The van der Waals surface area contributed by atoms with Gasteiger partial charge in [0, 0.05) is 48.5 Å². The van der Waals surface area contributed by atoms with Gasteiger partial charge in [-0.15, -0.1) is 0 Å². The number of hydrogen-bond donors (Lipinski definition) is 1. The molecule has 0 aliphatic carbocycles. The normalized spacial score (nSPS) is 21.5. The lowest BCUT2D eigenvalue weighted by atomic mass is 9.99. The van der Waals surface area contributed by atoms with Gasteiger partial charge in [-0.25, -0.2) is 14.5 Å². The minimum absolute atomic E-state index is 0.151. The van der Waals surface area contributed by atoms with E-state index in [1.54, 1.807) is 10.6 Å². The Labute approximate surface area is 196 Å². The minimum Gasteiger partial charge on any atom is -0.355 e. The number of piperidine rings is 1. The topological polar surface area (TPSA) is 92.6 Å². The lowest BCUT2D eigenvalue weighted by Crippen LogP contribution is -2.39. The molecule has 168 valence electrons. The molecule has 0 spiro atoms. The molecule has 2 aliphatic rings. The van der Waals surface area contributed by atoms with Crippen molar-refractivity contribution in [2.45, 2.75) is 44.7 Å². The molecule has 2 N–H and O–H groups in total. The van der Waals surface area contributed by atoms with E-state index < -0.39 is 0 Å². The number of hydrogen-bond acceptors (Lipinski definition) is 6. The van der Waals surface area contributed by atoms with Gasteiger partial charge in [0.15, 0.2) is 5.65 Å². The maximum atomic E-state index is 13.3. The molecule has 3 aromatic rings. The van der Waals surface area contributed by atoms with Crippen LogP contribution in [-0.4, -0.2) is 56.1 Å². The van der Waals surface area contributed by atoms with Crippen LogP contribution in [0.15, 0.2) is 24.4 Å². The minimum atomic E-state index is -0.188. The second-order valence-corrected chi connectivity index (χ2v) is 9.44. The van der Waals surface area contributed by atoms with Crippen molar-refractivity contribution in [3.63, 3.8) is 0 Å². The van der Waals surface area contributed by atoms with Gasteiger partial charge in [-0.2, -0.15) is 5.10 Å². The Morgan fingerprint density at radius 3 is 2.72 bits per heavy atom. The number of carbonyl (C=O) groups excluding carboxylic acids is 1. The Kier molecular flexibility index (Phi) is 5.69. The maximum absolute atomic E-state index is 13.3. The predicted molar refractivity (Wildman–Crippen MR) is 124 cm³/mol. The second-order valence-electron chi connectivity index (χ2n) is 8.62. The zero-order chi connectivity index (χ0) is 22.4. The molecule has 5 heterocycles. The Morgan fingerprint density at radius 1 is 1.12 bits per heavy atom. The predicted octanol–water partition coefficient (Wildman–Crippen LogP) is 3.64. The first-order valence-electron chi connectivity index (χ1n) is 10.9. The van der Waals surface area contributed by atoms with Gasteiger partial charge in [-0.05, 0) is 44.7 Å². The smallest absolute Gasteiger partial charge is 0.273 e. The van der Waals surface area contributed by atoms with E-state index in [9.17, 15) is 4.79 Å². The molecule has 0 aromatic carbocycles. The van der Waals surface area contributed by atoms with Gasteiger partial charge in [-0.1, -0.05) is 23.2 Å². The molecule has 5 rings (SSSR count). The highest BCUT2D eigenvalue weighted by Gasteiger charge is 2.32. The number of carbonyl (C=O) groups is 1. The highest BCUT2D eigenvalue weighted by atomic mass is 35.5. The molecule has 0 saturated carbocycles. The van der Waals surface area contributed by atoms with Gasteiger partial charge in [0.05, 0.1) is 11.7 Å². The Balaban J connectivity index is 1.47. The summed E-state index contributed by atoms with van der Waals surface area (Å²) in [7, 11) is 0. The number of pyridine rings is 1. The van der Waals surface area contributed by atoms with Crippen molar-refractivity contribution in [3.05, 3.63) is 51.5 Å². The van der Waals surface area contributed by atoms with E-state index in [0.29, 0.717) is 11.6 Å². The SMILES string of the molecule is Cc1cn2nc(C3CCCCN3C(=O)c3cc(Cl)cc(Cl)n3)cc2nc1N1CCC(N)C1. The number of nitrogens with zero attached hydrogens (tertiary/aromatic N) is 6. The van der Waals surface area contributed by atoms with Crippen LogP contribution in [-0.2, 0) is 0 Å². The van der Waals surface area contributed by atoms with Crippen molar-refractivity contribution in [2.75, 3.05) is 24.5 Å². The summed E-state index contributed by atoms with van der Waals surface area (Å²) < 4.78 is 1.80. The molecule has 2 atom stereocenters. The van der Waals surface area contributed by atoms with E-state index in [2.05, 4.69) is 9.88 Å². The van der Waals surface area contributed by atoms with Crippen LogP contribution in [0.4, 0.5) is 5.82 Å². The summed E-state index contributed by atoms with van der Waals surface area (Å²) in [6, 6.07) is 5.09. The largest absolute Gasteiger partial charge is 0.355 e. The quantitative estimate of drug-likeness (QED) is 0.583. The monoisotopic (exact) mass is 473 g/mol. The van der Waals surface area contributed by atoms with Gasteiger partial charge in [-0.3, -0.25) is 4.79 Å². The van der Waals surface area contributed by atoms with E-state index in [4.69, 9.17) is 39.0 Å². The first-order chi connectivity index (χ1) is 15.4. The fourth-order valence-corrected chi connectivity index (χ4v) is 5.16. The standard InChI is InChI=1S/C22H25Cl2N7O/c1-13-11-31-20(27-21(13)29-7-5-15(25)12-29)10-16(28-31)18-4-2-3-6-30(18)22(32)17-8-14(23)9-19(24)26-17/h8-11,15,18H,2-7,12,25H2,1H3. The molecule has 2 fully saturated rings. The summed E-state index contributed by atoms with van der Waals surface area (Å²) in [5.74, 6) is 0.762. The van der Waals surface area contributed by atoms with E-state index in [1.165, 1.54) is 6.07 Å². The average molecular weight is 474 g/mol. The van der Waals surface area contributed by atoms with Crippen molar-refractivity contribution in [3.8, 4) is 0 Å². The zero-order valence-corrected chi connectivity index (χ0v) is 19.4. The van der Waals surface area contributed by atoms with Gasteiger partial charge < -0.3 is 15.5 Å². The lowest BCUT2D eigenvalue weighted by molar-refractivity contribution is 0.0599. The van der Waals surface area contributed by atoms with Gasteiger partial charge >= 0.3 is 0 Å². The third kappa shape index (κ3) is 4.02. The zero-order valence-electron chi connectivity index (χ0n) is 17.8. The molecule has 2 unspecified atom stereocenters. The van der Waals surface area contributed by atoms with Crippen LogP contribution in [0.3, 0.4) is 0 Å². The molecule has 3 aromatic heterocycles. The van der Waals surface area contributed by atoms with Crippen LogP contribution >= 0.6 is 23.2 Å². The molecule has 0 bridgehead atoms. The Bertz CT molecular complexity index is 1160. The number of aryl methyl sites for hydroxylation is 1. The molecule has 2 aliphatic heterocycles. The van der Waals surface area contributed by atoms with E-state index in [0.717, 1.165) is 61.5 Å². The van der Waals surface area contributed by atoms with E-state index in [1.807, 2.05) is 24.1 Å². The molecular weight excluding hydrogens is 449 g/mol. The van der Waals surface area contributed by atoms with Crippen LogP contribution in [0.1, 0.15) is 53.5 Å². The van der Waals surface area contributed by atoms with Crippen LogP contribution < -0.4 is 10.6 Å². The van der Waals surface area contributed by atoms with Crippen molar-refractivity contribution in [1.29, 1.82) is 0 Å². The third-order valence-corrected chi connectivity index (χ3v) is 6.64. The van der Waals surface area contributed by atoms with Gasteiger partial charge in [0.25, 0.3) is 5.91 Å². The van der Waals surface area contributed by atoms with Crippen LogP contribution in [0.5, 0.6) is 0 Å². The maximum Gasteiger partial charge on any atom is 0.273 e. The highest BCUT2D eigenvalue weighted by Crippen LogP contribution is 2.33. The van der Waals surface area contributed by atoms with Crippen molar-refractivity contribution < 1.29 is 4.79 Å². The Hall–Kier alpha value is -2.42. The molecule has 10 heteroatoms. The number of amides is 1. The van der Waals surface area contributed by atoms with Crippen molar-refractivity contribution in [1.82, 2.24) is 24.5 Å². The number of nitrogens with two attached hydrogens (primary N) is 1. The average Bonchev–Trinajstić information content (AvgIpc) is 3.37. The Morgan fingerprint density at radius 2 is 1.97 bits per heavy atom. The van der Waals surface area contributed by atoms with Crippen LogP contribution in [0.25, 0.3) is 5.65 Å². The second kappa shape index (κ2) is 8.50. The molecule has 1 amide bonds. The van der Waals surface area contributed by atoms with E-state index >= 15 is 0 Å². The summed E-state index contributed by atoms with van der Waals surface area (Å²) in [5, 5.41) is 5.38. The summed E-state index contributed by atoms with van der Waals surface area (Å²) in [6.45, 7) is 4.39. The summed E-state index contributed by atoms with van der Waals surface area (Å²) >= 11 is 12.1. The number of likely N-dealkylation sites (tertiary alicyclic amines) is 1. The van der Waals surface area contributed by atoms with Crippen LogP contribution in [0, 0.1) is 6.92 Å². The number of aromatic nitrogens is 4. The fourth-order valence-electron chi connectivity index (χ4n) is 4.69. The third-order valence-electron chi connectivity index (χ3n) is 6.23. The van der Waals surface area contributed by atoms with Crippen molar-refractivity contribution >= 4 is 40.6 Å². The molecule has 0 radical (unpaired) electrons. The number of halogens is 2. The number of rotatable bonds is 3.